The van der Waals surface area contributed by atoms with Gasteiger partial charge in [-0.25, -0.2) is 4.79 Å². The van der Waals surface area contributed by atoms with Crippen molar-refractivity contribution in [2.75, 3.05) is 13.2 Å². The number of carbonyl (C=O) groups is 1. The van der Waals surface area contributed by atoms with Crippen LogP contribution in [0.3, 0.4) is 0 Å². The number of hydrogen-bond donors (Lipinski definition) is 10. The van der Waals surface area contributed by atoms with Gasteiger partial charge in [-0.1, -0.05) is 0 Å². The molecule has 0 radical (unpaired) electrons. The molecular formula is C15H26O14. The summed E-state index contributed by atoms with van der Waals surface area (Å²) >= 11 is 0. The van der Waals surface area contributed by atoms with Gasteiger partial charge in [0.1, 0.15) is 48.8 Å². The number of aliphatic carboxylic acids is 1. The number of ether oxygens (including phenoxy) is 3. The maximum atomic E-state index is 11.3. The molecule has 2 aliphatic heterocycles. The fraction of sp³-hybridized carbons (Fsp3) is 0.933. The van der Waals surface area contributed by atoms with E-state index in [1.165, 1.54) is 0 Å². The quantitative estimate of drug-likeness (QED) is 0.180. The minimum absolute atomic E-state index is 0.794. The Morgan fingerprint density at radius 2 is 1.69 bits per heavy atom. The summed E-state index contributed by atoms with van der Waals surface area (Å²) in [6.45, 7) is -1.81. The largest absolute Gasteiger partial charge is 0.477 e. The molecule has 4 unspecified atom stereocenters. The highest BCUT2D eigenvalue weighted by atomic mass is 16.7. The zero-order valence-electron chi connectivity index (χ0n) is 15.0. The highest BCUT2D eigenvalue weighted by Crippen LogP contribution is 2.33. The fourth-order valence-electron chi connectivity index (χ4n) is 3.19. The van der Waals surface area contributed by atoms with Crippen molar-refractivity contribution in [3.8, 4) is 0 Å². The van der Waals surface area contributed by atoms with Crippen molar-refractivity contribution in [1.82, 2.24) is 0 Å². The first-order valence-corrected chi connectivity index (χ1v) is 8.71. The second-order valence-corrected chi connectivity index (χ2v) is 6.98. The topological polar surface area (TPSA) is 247 Å². The van der Waals surface area contributed by atoms with E-state index in [-0.39, 0.29) is 0 Å². The van der Waals surface area contributed by atoms with Crippen molar-refractivity contribution in [2.24, 2.45) is 0 Å². The molecule has 0 aromatic heterocycles. The summed E-state index contributed by atoms with van der Waals surface area (Å²) in [6.07, 6.45) is -19.1. The molecule has 0 aliphatic carbocycles. The standard InChI is InChI=1S/C15H26O14/c16-2-5(19)11(12-7(20)4(18)1-15(26,29-12)14(24)25)28-13-10(23)9(22)8(21)6(3-17)27-13/h4-13,16-23,26H,1-3H2,(H,24,25)/t4-,5-,6?,7-,8+,9?,10?,11-,12?,13+,15+/m1/s1. The van der Waals surface area contributed by atoms with Crippen LogP contribution >= 0.6 is 0 Å². The minimum Gasteiger partial charge on any atom is -0.477 e. The molecule has 2 aliphatic rings. The van der Waals surface area contributed by atoms with Crippen LogP contribution in [0.25, 0.3) is 0 Å². The third kappa shape index (κ3) is 4.84. The van der Waals surface area contributed by atoms with Crippen LogP contribution in [0.1, 0.15) is 6.42 Å². The average molecular weight is 430 g/mol. The Bertz CT molecular complexity index is 559. The van der Waals surface area contributed by atoms with Gasteiger partial charge in [0.25, 0.3) is 5.79 Å². The van der Waals surface area contributed by atoms with E-state index >= 15 is 0 Å². The summed E-state index contributed by atoms with van der Waals surface area (Å²) in [4.78, 5) is 11.3. The molecule has 2 rings (SSSR count). The Morgan fingerprint density at radius 3 is 2.21 bits per heavy atom. The van der Waals surface area contributed by atoms with Crippen LogP contribution in [-0.2, 0) is 19.0 Å². The molecule has 2 saturated heterocycles. The first-order chi connectivity index (χ1) is 13.5. The second kappa shape index (κ2) is 9.42. The molecule has 0 spiro atoms. The van der Waals surface area contributed by atoms with Crippen molar-refractivity contribution >= 4 is 5.97 Å². The molecule has 10 N–H and O–H groups in total. The SMILES string of the molecule is O=C(O)[C@]1(O)C[C@@H](O)[C@@H](O)C([C@H](O[C@@H]2OC(CO)[C@H](O)C(O)C2O)[C@H](O)CO)O1. The van der Waals surface area contributed by atoms with Crippen molar-refractivity contribution < 1.29 is 70.1 Å². The van der Waals surface area contributed by atoms with Gasteiger partial charge in [-0.05, 0) is 0 Å². The van der Waals surface area contributed by atoms with Gasteiger partial charge in [0.15, 0.2) is 6.29 Å². The fourth-order valence-corrected chi connectivity index (χ4v) is 3.19. The monoisotopic (exact) mass is 430 g/mol. The third-order valence-electron chi connectivity index (χ3n) is 4.91. The highest BCUT2D eigenvalue weighted by molar-refractivity contribution is 5.75. The third-order valence-corrected chi connectivity index (χ3v) is 4.91. The van der Waals surface area contributed by atoms with Crippen molar-refractivity contribution in [1.29, 1.82) is 0 Å². The minimum atomic E-state index is -2.96. The normalized spacial score (nSPS) is 45.6. The molecule has 14 nitrogen and oxygen atoms in total. The van der Waals surface area contributed by atoms with E-state index in [1.54, 1.807) is 0 Å². The van der Waals surface area contributed by atoms with Crippen molar-refractivity contribution in [2.45, 2.75) is 73.4 Å². The number of rotatable bonds is 7. The Balaban J connectivity index is 2.30. The summed E-state index contributed by atoms with van der Waals surface area (Å²) in [7, 11) is 0. The summed E-state index contributed by atoms with van der Waals surface area (Å²) in [5.74, 6) is -4.87. The summed E-state index contributed by atoms with van der Waals surface area (Å²) < 4.78 is 15.3. The van der Waals surface area contributed by atoms with Crippen molar-refractivity contribution in [3.05, 3.63) is 0 Å². The number of aliphatic hydroxyl groups is 9. The molecular weight excluding hydrogens is 404 g/mol. The van der Waals surface area contributed by atoms with Crippen LogP contribution in [0.2, 0.25) is 0 Å². The summed E-state index contributed by atoms with van der Waals surface area (Å²) in [6, 6.07) is 0. The first kappa shape index (κ1) is 24.3. The Kier molecular flexibility index (Phi) is 7.88. The van der Waals surface area contributed by atoms with E-state index in [9.17, 15) is 50.8 Å². The van der Waals surface area contributed by atoms with E-state index < -0.39 is 92.6 Å². The lowest BCUT2D eigenvalue weighted by molar-refractivity contribution is -0.355. The first-order valence-electron chi connectivity index (χ1n) is 8.71. The van der Waals surface area contributed by atoms with Gasteiger partial charge >= 0.3 is 5.97 Å². The van der Waals surface area contributed by atoms with E-state index in [2.05, 4.69) is 0 Å². The van der Waals surface area contributed by atoms with Gasteiger partial charge in [0, 0.05) is 6.42 Å². The highest BCUT2D eigenvalue weighted by Gasteiger charge is 2.55. The summed E-state index contributed by atoms with van der Waals surface area (Å²) in [5.41, 5.74) is 0. The molecule has 0 aromatic rings. The lowest BCUT2D eigenvalue weighted by atomic mass is 9.90. The molecule has 0 aromatic carbocycles. The smallest absolute Gasteiger partial charge is 0.364 e. The van der Waals surface area contributed by atoms with Crippen LogP contribution in [0, 0.1) is 0 Å². The lowest BCUT2D eigenvalue weighted by Crippen LogP contribution is -2.66. The predicted octanol–water partition coefficient (Wildman–Crippen LogP) is -6.19. The molecule has 0 saturated carbocycles. The van der Waals surface area contributed by atoms with Crippen LogP contribution in [0.5, 0.6) is 0 Å². The van der Waals surface area contributed by atoms with Crippen LogP contribution in [0.4, 0.5) is 0 Å². The molecule has 2 heterocycles. The predicted molar refractivity (Wildman–Crippen MR) is 85.8 cm³/mol. The number of carboxylic acids is 1. The Morgan fingerprint density at radius 1 is 1.07 bits per heavy atom. The van der Waals surface area contributed by atoms with Gasteiger partial charge < -0.3 is 65.3 Å². The van der Waals surface area contributed by atoms with Gasteiger partial charge in [-0.2, -0.15) is 0 Å². The number of carboxylic acid groups (broad SMARTS) is 1. The second-order valence-electron chi connectivity index (χ2n) is 6.98. The van der Waals surface area contributed by atoms with E-state index in [4.69, 9.17) is 19.3 Å². The Hall–Kier alpha value is -1.01. The molecule has 29 heavy (non-hydrogen) atoms. The molecule has 0 bridgehead atoms. The van der Waals surface area contributed by atoms with Crippen molar-refractivity contribution in [3.63, 3.8) is 0 Å². The van der Waals surface area contributed by atoms with E-state index in [0.29, 0.717) is 0 Å². The van der Waals surface area contributed by atoms with Crippen LogP contribution in [0.15, 0.2) is 0 Å². The maximum Gasteiger partial charge on any atom is 0.364 e. The molecule has 14 heteroatoms. The maximum absolute atomic E-state index is 11.3. The average Bonchev–Trinajstić information content (AvgIpc) is 2.68. The Labute approximate surface area is 163 Å². The lowest BCUT2D eigenvalue weighted by Gasteiger charge is -2.46. The number of hydrogen-bond acceptors (Lipinski definition) is 13. The van der Waals surface area contributed by atoms with Gasteiger partial charge in [0.05, 0.1) is 19.3 Å². The van der Waals surface area contributed by atoms with E-state index in [0.717, 1.165) is 0 Å². The van der Waals surface area contributed by atoms with Gasteiger partial charge in [0.2, 0.25) is 0 Å². The molecule has 11 atom stereocenters. The van der Waals surface area contributed by atoms with Gasteiger partial charge in [-0.3, -0.25) is 0 Å². The van der Waals surface area contributed by atoms with Gasteiger partial charge in [-0.15, -0.1) is 0 Å². The molecule has 0 amide bonds. The van der Waals surface area contributed by atoms with Crippen LogP contribution < -0.4 is 0 Å². The summed E-state index contributed by atoms with van der Waals surface area (Å²) in [5, 5.41) is 97.4. The molecule has 2 fully saturated rings. The zero-order chi connectivity index (χ0) is 22.1. The molecule has 170 valence electrons. The van der Waals surface area contributed by atoms with E-state index in [1.807, 2.05) is 0 Å². The zero-order valence-corrected chi connectivity index (χ0v) is 15.0. The number of aliphatic hydroxyl groups excluding tert-OH is 8. The van der Waals surface area contributed by atoms with Crippen LogP contribution in [-0.4, -0.2) is 137 Å².